The Kier molecular flexibility index (Phi) is 12.8. The fraction of sp³-hybridized carbons (Fsp3) is 0.259. The van der Waals surface area contributed by atoms with Gasteiger partial charge in [-0.05, 0) is 53.8 Å². The molecule has 4 N–H and O–H groups in total. The van der Waals surface area contributed by atoms with Gasteiger partial charge in [-0.1, -0.05) is 42.5 Å². The maximum absolute atomic E-state index is 13.2. The number of rotatable bonds is 13. The molecule has 0 saturated carbocycles. The number of hydrogen-bond acceptors (Lipinski definition) is 5. The molecule has 0 bridgehead atoms. The van der Waals surface area contributed by atoms with Gasteiger partial charge in [0.15, 0.2) is 0 Å². The number of carbonyl (C=O) groups is 3. The molecule has 2 amide bonds. The maximum atomic E-state index is 13.2. The predicted molar refractivity (Wildman–Crippen MR) is 136 cm³/mol. The van der Waals surface area contributed by atoms with E-state index in [9.17, 15) is 23.9 Å². The van der Waals surface area contributed by atoms with E-state index >= 15 is 0 Å². The van der Waals surface area contributed by atoms with Crippen molar-refractivity contribution < 1.29 is 54.9 Å². The van der Waals surface area contributed by atoms with Crippen LogP contribution in [0.4, 0.5) is 10.2 Å². The molecule has 37 heavy (non-hydrogen) atoms. The number of pyridine rings is 1. The molecule has 0 fully saturated rings. The fourth-order valence-corrected chi connectivity index (χ4v) is 3.58. The Morgan fingerprint density at radius 2 is 1.59 bits per heavy atom. The van der Waals surface area contributed by atoms with Crippen molar-refractivity contribution in [1.29, 1.82) is 0 Å². The number of carbonyl (C=O) groups excluding carboxylic acids is 2. The van der Waals surface area contributed by atoms with Gasteiger partial charge in [0.2, 0.25) is 11.8 Å². The Balaban J connectivity index is 0.00000361. The van der Waals surface area contributed by atoms with E-state index in [2.05, 4.69) is 20.9 Å². The van der Waals surface area contributed by atoms with Crippen LogP contribution in [0, 0.1) is 5.82 Å². The number of carboxylic acid groups (broad SMARTS) is 1. The summed E-state index contributed by atoms with van der Waals surface area (Å²) in [7, 11) is 0. The van der Waals surface area contributed by atoms with Crippen molar-refractivity contribution in [2.45, 2.75) is 31.7 Å². The first-order chi connectivity index (χ1) is 17.4. The van der Waals surface area contributed by atoms with Gasteiger partial charge in [0.25, 0.3) is 0 Å². The predicted octanol–water partition coefficient (Wildman–Crippen LogP) is 1.03. The van der Waals surface area contributed by atoms with Gasteiger partial charge in [0.05, 0.1) is 19.0 Å². The van der Waals surface area contributed by atoms with Crippen molar-refractivity contribution in [3.05, 3.63) is 84.3 Å². The Bertz CT molecular complexity index is 1150. The quantitative estimate of drug-likeness (QED) is 0.199. The smallest absolute Gasteiger partial charge is 1.00 e. The molecule has 3 aromatic rings. The molecule has 190 valence electrons. The molecule has 1 aromatic heterocycles. The number of hydrogen-bond donors (Lipinski definition) is 4. The second kappa shape index (κ2) is 15.8. The minimum absolute atomic E-state index is 0. The van der Waals surface area contributed by atoms with Crippen LogP contribution < -0.4 is 45.5 Å². The van der Waals surface area contributed by atoms with E-state index in [4.69, 9.17) is 0 Å². The summed E-state index contributed by atoms with van der Waals surface area (Å²) in [6.45, 7) is 0.441. The molecule has 0 radical (unpaired) electrons. The Labute approximate surface area is 238 Å². The van der Waals surface area contributed by atoms with Crippen LogP contribution in [0.1, 0.15) is 38.7 Å². The Morgan fingerprint density at radius 3 is 2.22 bits per heavy atom. The van der Waals surface area contributed by atoms with Gasteiger partial charge in [-0.15, -0.1) is 0 Å². The monoisotopic (exact) mass is 516 g/mol. The van der Waals surface area contributed by atoms with Crippen LogP contribution in [0.25, 0.3) is 11.1 Å². The van der Waals surface area contributed by atoms with Gasteiger partial charge in [-0.25, -0.2) is 9.37 Å². The molecule has 1 atom stereocenters. The fourth-order valence-electron chi connectivity index (χ4n) is 3.58. The third kappa shape index (κ3) is 10.7. The molecular weight excluding hydrogens is 486 g/mol. The number of carboxylic acids is 1. The van der Waals surface area contributed by atoms with Crippen LogP contribution in [-0.2, 0) is 14.4 Å². The number of halogens is 1. The Hall–Kier alpha value is -3.27. The van der Waals surface area contributed by atoms with Crippen LogP contribution in [0.5, 0.6) is 0 Å². The first-order valence-corrected chi connectivity index (χ1v) is 11.7. The van der Waals surface area contributed by atoms with Gasteiger partial charge in [-0.2, -0.15) is 0 Å². The van der Waals surface area contributed by atoms with Crippen molar-refractivity contribution in [3.63, 3.8) is 0 Å². The minimum atomic E-state index is -1.06. The van der Waals surface area contributed by atoms with E-state index < -0.39 is 17.9 Å². The summed E-state index contributed by atoms with van der Waals surface area (Å²) in [4.78, 5) is 40.0. The summed E-state index contributed by atoms with van der Waals surface area (Å²) in [6, 6.07) is 17.9. The molecular formula is C27H30FN4NaO4. The number of nitrogens with one attached hydrogen (secondary N) is 3. The minimum Gasteiger partial charge on any atom is -1.00 e. The van der Waals surface area contributed by atoms with Gasteiger partial charge in [0.1, 0.15) is 11.6 Å². The molecule has 3 rings (SSSR count). The molecule has 0 aliphatic rings. The molecule has 0 saturated heterocycles. The third-order valence-electron chi connectivity index (χ3n) is 5.45. The third-order valence-corrected chi connectivity index (χ3v) is 5.45. The maximum Gasteiger partial charge on any atom is 1.00 e. The molecule has 2 aromatic carbocycles. The normalized spacial score (nSPS) is 11.1. The first-order valence-electron chi connectivity index (χ1n) is 11.7. The van der Waals surface area contributed by atoms with Crippen LogP contribution in [-0.4, -0.2) is 41.0 Å². The number of unbranched alkanes of at least 4 members (excludes halogenated alkanes) is 1. The number of aromatic nitrogens is 1. The molecule has 1 unspecified atom stereocenters. The summed E-state index contributed by atoms with van der Waals surface area (Å²) in [5.74, 6) is -1.34. The van der Waals surface area contributed by atoms with Crippen LogP contribution in [0.3, 0.4) is 0 Å². The van der Waals surface area contributed by atoms with E-state index in [1.165, 1.54) is 12.1 Å². The van der Waals surface area contributed by atoms with Gasteiger partial charge in [0, 0.05) is 19.2 Å². The molecule has 0 spiro atoms. The molecule has 0 aliphatic heterocycles. The SMILES string of the molecule is O=C(O)CC(NC(=O)CNC(=O)CCCCNc1ccccn1)c1ccc(-c2ccc(F)cc2)cc1.[H-].[Na+]. The van der Waals surface area contributed by atoms with Gasteiger partial charge < -0.3 is 22.5 Å². The average Bonchev–Trinajstić information content (AvgIpc) is 2.88. The molecule has 8 nitrogen and oxygen atoms in total. The molecule has 0 aliphatic carbocycles. The Morgan fingerprint density at radius 1 is 0.919 bits per heavy atom. The van der Waals surface area contributed by atoms with E-state index in [-0.39, 0.29) is 62.1 Å². The summed E-state index contributed by atoms with van der Waals surface area (Å²) >= 11 is 0. The number of anilines is 1. The standard InChI is InChI=1S/C27H29FN4O4.Na.H/c28-22-13-11-20(12-14-22)19-7-9-21(10-8-19)23(17-27(35)36)32-26(34)18-31-25(33)6-2-4-16-30-24-5-1-3-15-29-24;;/h1,3,5,7-15,23H,2,4,6,16-18H2,(H,29,30)(H,31,33)(H,32,34)(H,35,36);;/q;+1;-1. The van der Waals surface area contributed by atoms with Crippen molar-refractivity contribution in [2.24, 2.45) is 0 Å². The zero-order valence-corrected chi connectivity index (χ0v) is 22.7. The van der Waals surface area contributed by atoms with E-state index in [0.717, 1.165) is 23.4 Å². The first kappa shape index (κ1) is 30.0. The van der Waals surface area contributed by atoms with Crippen molar-refractivity contribution in [3.8, 4) is 11.1 Å². The van der Waals surface area contributed by atoms with Crippen LogP contribution in [0.15, 0.2) is 72.9 Å². The zero-order valence-electron chi connectivity index (χ0n) is 21.7. The zero-order chi connectivity index (χ0) is 25.8. The van der Waals surface area contributed by atoms with Crippen LogP contribution in [0.2, 0.25) is 0 Å². The van der Waals surface area contributed by atoms with E-state index in [0.29, 0.717) is 18.5 Å². The summed E-state index contributed by atoms with van der Waals surface area (Å²) in [5, 5.41) is 17.7. The van der Waals surface area contributed by atoms with Gasteiger partial charge in [-0.3, -0.25) is 14.4 Å². The largest absolute Gasteiger partial charge is 1.00 e. The van der Waals surface area contributed by atoms with E-state index in [1.807, 2.05) is 18.2 Å². The number of nitrogens with zero attached hydrogens (tertiary/aromatic N) is 1. The summed E-state index contributed by atoms with van der Waals surface area (Å²) in [5.41, 5.74) is 2.27. The second-order valence-electron chi connectivity index (χ2n) is 8.22. The summed E-state index contributed by atoms with van der Waals surface area (Å²) < 4.78 is 13.2. The number of benzene rings is 2. The molecule has 10 heteroatoms. The van der Waals surface area contributed by atoms with Crippen molar-refractivity contribution in [2.75, 3.05) is 18.4 Å². The van der Waals surface area contributed by atoms with Crippen molar-refractivity contribution >= 4 is 23.6 Å². The van der Waals surface area contributed by atoms with Crippen molar-refractivity contribution in [1.82, 2.24) is 15.6 Å². The molecule has 1 heterocycles. The number of aliphatic carboxylic acids is 1. The topological polar surface area (TPSA) is 120 Å². The average molecular weight is 517 g/mol. The van der Waals surface area contributed by atoms with Gasteiger partial charge >= 0.3 is 35.5 Å². The summed E-state index contributed by atoms with van der Waals surface area (Å²) in [6.07, 6.45) is 3.09. The van der Waals surface area contributed by atoms with Crippen LogP contribution >= 0.6 is 0 Å². The van der Waals surface area contributed by atoms with E-state index in [1.54, 1.807) is 42.6 Å². The second-order valence-corrected chi connectivity index (χ2v) is 8.22. The number of amides is 2.